The molecular formula is C23H27N3O5. The van der Waals surface area contributed by atoms with E-state index in [0.29, 0.717) is 55.3 Å². The SMILES string of the molecule is COc1cc(C(=O)N2CCC(O)(Cn3ccc4ccncc43)CC2)cc(OC)c1OC. The number of ether oxygens (including phenoxy) is 3. The molecule has 1 aromatic carbocycles. The van der Waals surface area contributed by atoms with E-state index in [1.54, 1.807) is 23.2 Å². The molecule has 0 aliphatic carbocycles. The standard InChI is InChI=1S/C23H27N3O5/c1-29-19-12-17(13-20(30-2)21(19)31-3)22(27)25-10-6-23(28,7-11-25)15-26-9-5-16-4-8-24-14-18(16)26/h4-5,8-9,12-14,28H,6-7,10-11,15H2,1-3H3. The van der Waals surface area contributed by atoms with Crippen LogP contribution < -0.4 is 14.2 Å². The van der Waals surface area contributed by atoms with Crippen LogP contribution in [-0.2, 0) is 6.54 Å². The monoisotopic (exact) mass is 425 g/mol. The van der Waals surface area contributed by atoms with Gasteiger partial charge in [0.2, 0.25) is 5.75 Å². The molecule has 4 rings (SSSR count). The number of carbonyl (C=O) groups is 1. The highest BCUT2D eigenvalue weighted by molar-refractivity contribution is 5.95. The number of rotatable bonds is 6. The summed E-state index contributed by atoms with van der Waals surface area (Å²) in [6.45, 7) is 1.39. The molecule has 1 N–H and O–H groups in total. The molecule has 1 saturated heterocycles. The Balaban J connectivity index is 1.47. The van der Waals surface area contributed by atoms with Crippen molar-refractivity contribution in [3.63, 3.8) is 0 Å². The second-order valence-electron chi connectivity index (χ2n) is 7.81. The summed E-state index contributed by atoms with van der Waals surface area (Å²) in [6.07, 6.45) is 6.51. The first-order chi connectivity index (χ1) is 15.0. The molecule has 0 bridgehead atoms. The van der Waals surface area contributed by atoms with Crippen molar-refractivity contribution in [2.75, 3.05) is 34.4 Å². The van der Waals surface area contributed by atoms with Crippen molar-refractivity contribution in [2.45, 2.75) is 25.0 Å². The Morgan fingerprint density at radius 3 is 2.39 bits per heavy atom. The number of pyridine rings is 1. The fourth-order valence-corrected chi connectivity index (χ4v) is 4.15. The number of piperidine rings is 1. The van der Waals surface area contributed by atoms with Gasteiger partial charge in [0.05, 0.1) is 45.2 Å². The summed E-state index contributed by atoms with van der Waals surface area (Å²) in [5.41, 5.74) is 0.572. The van der Waals surface area contributed by atoms with Gasteiger partial charge >= 0.3 is 0 Å². The van der Waals surface area contributed by atoms with E-state index in [2.05, 4.69) is 4.98 Å². The molecule has 1 aliphatic heterocycles. The molecule has 0 spiro atoms. The molecule has 8 nitrogen and oxygen atoms in total. The number of methoxy groups -OCH3 is 3. The summed E-state index contributed by atoms with van der Waals surface area (Å²) in [7, 11) is 4.57. The van der Waals surface area contributed by atoms with Gasteiger partial charge in [-0.1, -0.05) is 0 Å². The third-order valence-corrected chi connectivity index (χ3v) is 5.93. The van der Waals surface area contributed by atoms with Crippen LogP contribution in [0.2, 0.25) is 0 Å². The van der Waals surface area contributed by atoms with Gasteiger partial charge in [0.25, 0.3) is 5.91 Å². The summed E-state index contributed by atoms with van der Waals surface area (Å²) in [5, 5.41) is 12.3. The largest absolute Gasteiger partial charge is 0.493 e. The normalized spacial score (nSPS) is 15.7. The van der Waals surface area contributed by atoms with Crippen LogP contribution in [0.15, 0.2) is 42.9 Å². The van der Waals surface area contributed by atoms with Crippen molar-refractivity contribution >= 4 is 16.8 Å². The van der Waals surface area contributed by atoms with E-state index in [1.165, 1.54) is 21.3 Å². The highest BCUT2D eigenvalue weighted by Crippen LogP contribution is 2.39. The highest BCUT2D eigenvalue weighted by Gasteiger charge is 2.35. The van der Waals surface area contributed by atoms with Crippen molar-refractivity contribution in [1.29, 1.82) is 0 Å². The van der Waals surface area contributed by atoms with E-state index in [0.717, 1.165) is 10.9 Å². The minimum Gasteiger partial charge on any atom is -0.493 e. The van der Waals surface area contributed by atoms with Gasteiger partial charge in [-0.3, -0.25) is 9.78 Å². The van der Waals surface area contributed by atoms with Crippen molar-refractivity contribution in [1.82, 2.24) is 14.5 Å². The molecule has 3 heterocycles. The van der Waals surface area contributed by atoms with Gasteiger partial charge in [0.15, 0.2) is 11.5 Å². The number of hydrogen-bond acceptors (Lipinski definition) is 6. The molecule has 31 heavy (non-hydrogen) atoms. The van der Waals surface area contributed by atoms with Crippen LogP contribution in [0.3, 0.4) is 0 Å². The summed E-state index contributed by atoms with van der Waals surface area (Å²) in [5.74, 6) is 1.19. The van der Waals surface area contributed by atoms with Crippen LogP contribution in [0.25, 0.3) is 10.9 Å². The van der Waals surface area contributed by atoms with Gasteiger partial charge in [-0.25, -0.2) is 0 Å². The number of aliphatic hydroxyl groups is 1. The average molecular weight is 425 g/mol. The lowest BCUT2D eigenvalue weighted by molar-refractivity contribution is -0.0284. The topological polar surface area (TPSA) is 86.1 Å². The van der Waals surface area contributed by atoms with Gasteiger partial charge < -0.3 is 28.8 Å². The van der Waals surface area contributed by atoms with Crippen molar-refractivity contribution in [2.24, 2.45) is 0 Å². The lowest BCUT2D eigenvalue weighted by Crippen LogP contribution is -2.48. The number of fused-ring (bicyclic) bond motifs is 1. The number of nitrogens with zero attached hydrogens (tertiary/aromatic N) is 3. The van der Waals surface area contributed by atoms with Gasteiger partial charge in [0.1, 0.15) is 0 Å². The van der Waals surface area contributed by atoms with E-state index >= 15 is 0 Å². The van der Waals surface area contributed by atoms with Gasteiger partial charge in [-0.15, -0.1) is 0 Å². The molecule has 8 heteroatoms. The Morgan fingerprint density at radius 1 is 1.10 bits per heavy atom. The quantitative estimate of drug-likeness (QED) is 0.654. The summed E-state index contributed by atoms with van der Waals surface area (Å²) in [4.78, 5) is 19.1. The predicted molar refractivity (Wildman–Crippen MR) is 116 cm³/mol. The zero-order valence-electron chi connectivity index (χ0n) is 18.0. The summed E-state index contributed by atoms with van der Waals surface area (Å²) >= 11 is 0. The molecule has 1 fully saturated rings. The van der Waals surface area contributed by atoms with E-state index in [-0.39, 0.29) is 5.91 Å². The van der Waals surface area contributed by atoms with Crippen LogP contribution in [0.1, 0.15) is 23.2 Å². The molecular weight excluding hydrogens is 398 g/mol. The van der Waals surface area contributed by atoms with E-state index < -0.39 is 5.60 Å². The molecule has 0 radical (unpaired) electrons. The molecule has 2 aromatic heterocycles. The molecule has 0 atom stereocenters. The van der Waals surface area contributed by atoms with Crippen LogP contribution in [0.5, 0.6) is 17.2 Å². The maximum Gasteiger partial charge on any atom is 0.254 e. The van der Waals surface area contributed by atoms with Crippen LogP contribution in [0.4, 0.5) is 0 Å². The second-order valence-corrected chi connectivity index (χ2v) is 7.81. The van der Waals surface area contributed by atoms with Crippen molar-refractivity contribution < 1.29 is 24.1 Å². The van der Waals surface area contributed by atoms with Gasteiger partial charge in [-0.05, 0) is 37.1 Å². The first-order valence-corrected chi connectivity index (χ1v) is 10.2. The molecule has 0 unspecified atom stereocenters. The number of carbonyl (C=O) groups excluding carboxylic acids is 1. The van der Waals surface area contributed by atoms with Crippen LogP contribution in [-0.4, -0.2) is 65.5 Å². The second kappa shape index (κ2) is 8.47. The van der Waals surface area contributed by atoms with E-state index in [4.69, 9.17) is 14.2 Å². The lowest BCUT2D eigenvalue weighted by Gasteiger charge is -2.38. The number of hydrogen-bond donors (Lipinski definition) is 1. The van der Waals surface area contributed by atoms with Crippen molar-refractivity contribution in [3.05, 3.63) is 48.4 Å². The van der Waals surface area contributed by atoms with E-state index in [1.807, 2.05) is 29.1 Å². The fourth-order valence-electron chi connectivity index (χ4n) is 4.15. The Labute approximate surface area is 181 Å². The van der Waals surface area contributed by atoms with Crippen molar-refractivity contribution in [3.8, 4) is 17.2 Å². The molecule has 3 aromatic rings. The zero-order chi connectivity index (χ0) is 22.0. The number of aromatic nitrogens is 2. The Morgan fingerprint density at radius 2 is 1.77 bits per heavy atom. The first kappa shape index (κ1) is 21.0. The molecule has 1 amide bonds. The number of amides is 1. The smallest absolute Gasteiger partial charge is 0.254 e. The van der Waals surface area contributed by atoms with Gasteiger partial charge in [0, 0.05) is 36.4 Å². The minimum absolute atomic E-state index is 0.128. The first-order valence-electron chi connectivity index (χ1n) is 10.2. The van der Waals surface area contributed by atoms with Crippen LogP contribution >= 0.6 is 0 Å². The molecule has 164 valence electrons. The average Bonchev–Trinajstić information content (AvgIpc) is 3.20. The molecule has 1 aliphatic rings. The maximum atomic E-state index is 13.1. The fraction of sp³-hybridized carbons (Fsp3) is 0.391. The Hall–Kier alpha value is -3.26. The van der Waals surface area contributed by atoms with Gasteiger partial charge in [-0.2, -0.15) is 0 Å². The Bertz CT molecular complexity index is 1060. The minimum atomic E-state index is -0.881. The predicted octanol–water partition coefficient (Wildman–Crippen LogP) is 2.73. The number of benzene rings is 1. The maximum absolute atomic E-state index is 13.1. The lowest BCUT2D eigenvalue weighted by atomic mass is 9.91. The highest BCUT2D eigenvalue weighted by atomic mass is 16.5. The molecule has 0 saturated carbocycles. The number of likely N-dealkylation sites (tertiary alicyclic amines) is 1. The third kappa shape index (κ3) is 4.03. The summed E-state index contributed by atoms with van der Waals surface area (Å²) < 4.78 is 18.1. The van der Waals surface area contributed by atoms with Crippen LogP contribution in [0, 0.1) is 0 Å². The third-order valence-electron chi connectivity index (χ3n) is 5.93. The zero-order valence-corrected chi connectivity index (χ0v) is 18.0. The van der Waals surface area contributed by atoms with E-state index in [9.17, 15) is 9.90 Å². The summed E-state index contributed by atoms with van der Waals surface area (Å²) in [6, 6.07) is 7.28. The Kier molecular flexibility index (Phi) is 5.73.